The number of nitro benzene ring substituents is 2. The third-order valence-electron chi connectivity index (χ3n) is 2.81. The van der Waals surface area contributed by atoms with E-state index >= 15 is 0 Å². The molecular formula is C13H7Cl2N3O5. The summed E-state index contributed by atoms with van der Waals surface area (Å²) >= 11 is 11.3. The molecule has 2 aromatic rings. The third-order valence-corrected chi connectivity index (χ3v) is 3.28. The molecule has 23 heavy (non-hydrogen) atoms. The molecule has 0 bridgehead atoms. The number of benzene rings is 2. The number of halogens is 2. The van der Waals surface area contributed by atoms with Crippen molar-refractivity contribution in [1.29, 1.82) is 0 Å². The second-order valence-corrected chi connectivity index (χ2v) is 5.16. The average Bonchev–Trinajstić information content (AvgIpc) is 2.48. The van der Waals surface area contributed by atoms with E-state index in [2.05, 4.69) is 5.32 Å². The van der Waals surface area contributed by atoms with Crippen LogP contribution >= 0.6 is 23.2 Å². The highest BCUT2D eigenvalue weighted by Gasteiger charge is 2.23. The smallest absolute Gasteiger partial charge is 0.294 e. The molecule has 0 heterocycles. The van der Waals surface area contributed by atoms with Gasteiger partial charge in [-0.15, -0.1) is 0 Å². The van der Waals surface area contributed by atoms with Crippen LogP contribution in [0.25, 0.3) is 0 Å². The van der Waals surface area contributed by atoms with Crippen molar-refractivity contribution >= 4 is 46.2 Å². The molecule has 0 aliphatic carbocycles. The zero-order valence-electron chi connectivity index (χ0n) is 11.2. The SMILES string of the molecule is O=C(Nc1ccc(Cl)cc1[N+](=O)[O-])c1ccc(Cl)cc1[N+](=O)[O-]. The van der Waals surface area contributed by atoms with Gasteiger partial charge in [0.15, 0.2) is 0 Å². The lowest BCUT2D eigenvalue weighted by Crippen LogP contribution is -2.15. The predicted molar refractivity (Wildman–Crippen MR) is 84.2 cm³/mol. The quantitative estimate of drug-likeness (QED) is 0.655. The van der Waals surface area contributed by atoms with Gasteiger partial charge in [-0.05, 0) is 24.3 Å². The maximum atomic E-state index is 12.2. The Hall–Kier alpha value is -2.71. The zero-order chi connectivity index (χ0) is 17.1. The van der Waals surface area contributed by atoms with Crippen LogP contribution in [-0.4, -0.2) is 15.8 Å². The van der Waals surface area contributed by atoms with E-state index in [-0.39, 0.29) is 21.3 Å². The molecule has 0 atom stereocenters. The van der Waals surface area contributed by atoms with E-state index in [1.807, 2.05) is 0 Å². The van der Waals surface area contributed by atoms with Crippen LogP contribution in [0.2, 0.25) is 10.0 Å². The monoisotopic (exact) mass is 355 g/mol. The summed E-state index contributed by atoms with van der Waals surface area (Å²) in [5, 5.41) is 24.4. The van der Waals surface area contributed by atoms with Crippen LogP contribution in [0.5, 0.6) is 0 Å². The number of nitro groups is 2. The van der Waals surface area contributed by atoms with Gasteiger partial charge in [0.05, 0.1) is 9.85 Å². The summed E-state index contributed by atoms with van der Waals surface area (Å²) in [7, 11) is 0. The molecule has 10 heteroatoms. The van der Waals surface area contributed by atoms with Gasteiger partial charge in [-0.3, -0.25) is 25.0 Å². The average molecular weight is 356 g/mol. The Kier molecular flexibility index (Phi) is 4.77. The van der Waals surface area contributed by atoms with Gasteiger partial charge < -0.3 is 5.32 Å². The minimum Gasteiger partial charge on any atom is -0.316 e. The highest BCUT2D eigenvalue weighted by Crippen LogP contribution is 2.29. The number of amides is 1. The van der Waals surface area contributed by atoms with E-state index in [4.69, 9.17) is 23.2 Å². The second-order valence-electron chi connectivity index (χ2n) is 4.29. The summed E-state index contributed by atoms with van der Waals surface area (Å²) < 4.78 is 0. The fourth-order valence-corrected chi connectivity index (χ4v) is 2.13. The third kappa shape index (κ3) is 3.74. The van der Waals surface area contributed by atoms with E-state index in [0.717, 1.165) is 18.2 Å². The Morgan fingerprint density at radius 2 is 1.43 bits per heavy atom. The molecule has 0 spiro atoms. The molecule has 0 radical (unpaired) electrons. The van der Waals surface area contributed by atoms with E-state index < -0.39 is 27.1 Å². The molecule has 1 N–H and O–H groups in total. The van der Waals surface area contributed by atoms with E-state index in [1.54, 1.807) is 0 Å². The predicted octanol–water partition coefficient (Wildman–Crippen LogP) is 4.06. The summed E-state index contributed by atoms with van der Waals surface area (Å²) in [5.74, 6) is -0.876. The summed E-state index contributed by atoms with van der Waals surface area (Å²) in [5.41, 5.74) is -1.34. The molecule has 0 unspecified atom stereocenters. The number of hydrogen-bond donors (Lipinski definition) is 1. The van der Waals surface area contributed by atoms with Gasteiger partial charge >= 0.3 is 0 Å². The lowest BCUT2D eigenvalue weighted by Gasteiger charge is -2.07. The lowest BCUT2D eigenvalue weighted by molar-refractivity contribution is -0.385. The normalized spacial score (nSPS) is 10.2. The van der Waals surface area contributed by atoms with Crippen LogP contribution in [0.3, 0.4) is 0 Å². The molecule has 2 rings (SSSR count). The highest BCUT2D eigenvalue weighted by molar-refractivity contribution is 6.31. The van der Waals surface area contributed by atoms with Crippen LogP contribution in [0.1, 0.15) is 10.4 Å². The molecule has 1 amide bonds. The van der Waals surface area contributed by atoms with Gasteiger partial charge in [0.25, 0.3) is 17.3 Å². The minimum atomic E-state index is -0.876. The second kappa shape index (κ2) is 6.59. The summed E-state index contributed by atoms with van der Waals surface area (Å²) in [6.45, 7) is 0. The van der Waals surface area contributed by atoms with Gasteiger partial charge in [0.1, 0.15) is 11.3 Å². The van der Waals surface area contributed by atoms with Crippen molar-refractivity contribution in [3.05, 3.63) is 72.2 Å². The first-order valence-electron chi connectivity index (χ1n) is 5.99. The van der Waals surface area contributed by atoms with Crippen molar-refractivity contribution in [1.82, 2.24) is 0 Å². The van der Waals surface area contributed by atoms with Gasteiger partial charge in [0.2, 0.25) is 0 Å². The van der Waals surface area contributed by atoms with Crippen molar-refractivity contribution < 1.29 is 14.6 Å². The molecular weight excluding hydrogens is 349 g/mol. The lowest BCUT2D eigenvalue weighted by atomic mass is 10.1. The van der Waals surface area contributed by atoms with Crippen molar-refractivity contribution in [2.24, 2.45) is 0 Å². The molecule has 0 aromatic heterocycles. The summed E-state index contributed by atoms with van der Waals surface area (Å²) in [4.78, 5) is 32.7. The van der Waals surface area contributed by atoms with Crippen LogP contribution in [0.4, 0.5) is 17.1 Å². The number of rotatable bonds is 4. The van der Waals surface area contributed by atoms with E-state index in [9.17, 15) is 25.0 Å². The molecule has 2 aromatic carbocycles. The first-order valence-corrected chi connectivity index (χ1v) is 6.74. The van der Waals surface area contributed by atoms with E-state index in [1.165, 1.54) is 18.2 Å². The Labute approximate surface area is 138 Å². The summed E-state index contributed by atoms with van der Waals surface area (Å²) in [6.07, 6.45) is 0. The number of carbonyl (C=O) groups excluding carboxylic acids is 1. The standard InChI is InChI=1S/C13H7Cl2N3O5/c14-7-1-3-9(11(5-7)17(20)21)13(19)16-10-4-2-8(15)6-12(10)18(22)23/h1-6H,(H,16,19). The Morgan fingerprint density at radius 1 is 0.913 bits per heavy atom. The van der Waals surface area contributed by atoms with Gasteiger partial charge in [0, 0.05) is 22.2 Å². The molecule has 8 nitrogen and oxygen atoms in total. The van der Waals surface area contributed by atoms with Crippen LogP contribution in [0.15, 0.2) is 36.4 Å². The fourth-order valence-electron chi connectivity index (χ4n) is 1.80. The molecule has 0 saturated heterocycles. The Bertz CT molecular complexity index is 825. The number of anilines is 1. The summed E-state index contributed by atoms with van der Waals surface area (Å²) in [6, 6.07) is 7.14. The topological polar surface area (TPSA) is 115 Å². The zero-order valence-corrected chi connectivity index (χ0v) is 12.7. The molecule has 0 fully saturated rings. The number of nitrogens with one attached hydrogen (secondary N) is 1. The number of nitrogens with zero attached hydrogens (tertiary/aromatic N) is 2. The van der Waals surface area contributed by atoms with Gasteiger partial charge in [-0.1, -0.05) is 23.2 Å². The fraction of sp³-hybridized carbons (Fsp3) is 0. The maximum absolute atomic E-state index is 12.2. The first-order chi connectivity index (χ1) is 10.8. The molecule has 118 valence electrons. The van der Waals surface area contributed by atoms with Gasteiger partial charge in [-0.2, -0.15) is 0 Å². The van der Waals surface area contributed by atoms with Gasteiger partial charge in [-0.25, -0.2) is 0 Å². The van der Waals surface area contributed by atoms with Crippen molar-refractivity contribution in [2.45, 2.75) is 0 Å². The largest absolute Gasteiger partial charge is 0.316 e. The van der Waals surface area contributed by atoms with Crippen LogP contribution < -0.4 is 5.32 Å². The minimum absolute atomic E-state index is 0.0886. The molecule has 0 aliphatic rings. The highest BCUT2D eigenvalue weighted by atomic mass is 35.5. The number of carbonyl (C=O) groups is 1. The van der Waals surface area contributed by atoms with Crippen molar-refractivity contribution in [2.75, 3.05) is 5.32 Å². The van der Waals surface area contributed by atoms with Crippen molar-refractivity contribution in [3.63, 3.8) is 0 Å². The Balaban J connectivity index is 2.41. The van der Waals surface area contributed by atoms with Crippen LogP contribution in [-0.2, 0) is 0 Å². The Morgan fingerprint density at radius 3 is 2.00 bits per heavy atom. The maximum Gasteiger partial charge on any atom is 0.294 e. The van der Waals surface area contributed by atoms with Crippen molar-refractivity contribution in [3.8, 4) is 0 Å². The molecule has 0 aliphatic heterocycles. The molecule has 0 saturated carbocycles. The first kappa shape index (κ1) is 16.7. The van der Waals surface area contributed by atoms with Crippen LogP contribution in [0, 0.1) is 20.2 Å². The van der Waals surface area contributed by atoms with E-state index in [0.29, 0.717) is 0 Å². The number of hydrogen-bond acceptors (Lipinski definition) is 5.